The fourth-order valence-corrected chi connectivity index (χ4v) is 1.98. The van der Waals surface area contributed by atoms with Crippen LogP contribution in [0.5, 0.6) is 5.75 Å². The number of aliphatic hydroxyl groups excluding tert-OH is 1. The van der Waals surface area contributed by atoms with E-state index < -0.39 is 6.10 Å². The Morgan fingerprint density at radius 2 is 1.83 bits per heavy atom. The van der Waals surface area contributed by atoms with Gasteiger partial charge in [0.15, 0.2) is 0 Å². The first kappa shape index (κ1) is 12.9. The van der Waals surface area contributed by atoms with E-state index >= 15 is 0 Å². The minimum absolute atomic E-state index is 0.337. The molecule has 0 fully saturated rings. The van der Waals surface area contributed by atoms with Gasteiger partial charge in [-0.05, 0) is 22.9 Å². The zero-order valence-corrected chi connectivity index (χ0v) is 10.9. The van der Waals surface area contributed by atoms with E-state index in [0.29, 0.717) is 13.2 Å². The fraction of sp³-hybridized carbons (Fsp3) is 0.333. The lowest BCUT2D eigenvalue weighted by molar-refractivity contribution is -0.861. The van der Waals surface area contributed by atoms with Gasteiger partial charge in [0.2, 0.25) is 0 Å². The molecule has 1 atom stereocenters. The predicted molar refractivity (Wildman–Crippen MR) is 73.1 cm³/mol. The van der Waals surface area contributed by atoms with Gasteiger partial charge in [0.05, 0.1) is 14.1 Å². The molecule has 0 saturated carbocycles. The van der Waals surface area contributed by atoms with Crippen LogP contribution < -0.4 is 9.64 Å². The number of hydrogen-bond acceptors (Lipinski definition) is 2. The average Bonchev–Trinajstić information content (AvgIpc) is 2.35. The lowest BCUT2D eigenvalue weighted by Gasteiger charge is -2.14. The largest absolute Gasteiger partial charge is 0.491 e. The van der Waals surface area contributed by atoms with Gasteiger partial charge in [-0.2, -0.15) is 0 Å². The number of fused-ring (bicyclic) bond motifs is 1. The first-order chi connectivity index (χ1) is 8.65. The van der Waals surface area contributed by atoms with Crippen molar-refractivity contribution >= 4 is 10.8 Å². The van der Waals surface area contributed by atoms with Gasteiger partial charge in [0.25, 0.3) is 0 Å². The molecule has 3 nitrogen and oxygen atoms in total. The number of nitrogens with one attached hydrogen (secondary N) is 1. The maximum atomic E-state index is 9.75. The monoisotopic (exact) mass is 246 g/mol. The second-order valence-corrected chi connectivity index (χ2v) is 4.89. The minimum atomic E-state index is -0.429. The highest BCUT2D eigenvalue weighted by Crippen LogP contribution is 2.20. The Morgan fingerprint density at radius 3 is 2.56 bits per heavy atom. The summed E-state index contributed by atoms with van der Waals surface area (Å²) in [6.45, 7) is 1.02. The van der Waals surface area contributed by atoms with Crippen molar-refractivity contribution in [1.29, 1.82) is 0 Å². The predicted octanol–water partition coefficient (Wildman–Crippen LogP) is 0.724. The SMILES string of the molecule is C[NH+](C)C[C@H](O)COc1ccc2ccccc2c1. The van der Waals surface area contributed by atoms with E-state index in [9.17, 15) is 5.11 Å². The van der Waals surface area contributed by atoms with Crippen molar-refractivity contribution < 1.29 is 14.7 Å². The van der Waals surface area contributed by atoms with Gasteiger partial charge in [-0.25, -0.2) is 0 Å². The lowest BCUT2D eigenvalue weighted by atomic mass is 10.1. The Kier molecular flexibility index (Phi) is 4.18. The van der Waals surface area contributed by atoms with E-state index in [0.717, 1.165) is 11.1 Å². The molecule has 0 aromatic heterocycles. The van der Waals surface area contributed by atoms with Crippen LogP contribution in [0.4, 0.5) is 0 Å². The summed E-state index contributed by atoms with van der Waals surface area (Å²) < 4.78 is 5.61. The second-order valence-electron chi connectivity index (χ2n) is 4.89. The quantitative estimate of drug-likeness (QED) is 0.815. The molecule has 0 aliphatic heterocycles. The molecule has 0 amide bonds. The van der Waals surface area contributed by atoms with Crippen LogP contribution in [0.2, 0.25) is 0 Å². The van der Waals surface area contributed by atoms with Gasteiger partial charge in [0, 0.05) is 0 Å². The molecular weight excluding hydrogens is 226 g/mol. The van der Waals surface area contributed by atoms with E-state index in [1.165, 1.54) is 10.3 Å². The minimum Gasteiger partial charge on any atom is -0.491 e. The maximum Gasteiger partial charge on any atom is 0.137 e. The highest BCUT2D eigenvalue weighted by atomic mass is 16.5. The van der Waals surface area contributed by atoms with Gasteiger partial charge < -0.3 is 14.7 Å². The molecule has 0 unspecified atom stereocenters. The van der Waals surface area contributed by atoms with Gasteiger partial charge in [-0.1, -0.05) is 30.3 Å². The Bertz CT molecular complexity index is 511. The Hall–Kier alpha value is -1.58. The van der Waals surface area contributed by atoms with Crippen LogP contribution in [-0.2, 0) is 0 Å². The molecule has 18 heavy (non-hydrogen) atoms. The van der Waals surface area contributed by atoms with E-state index in [4.69, 9.17) is 4.74 Å². The molecule has 0 radical (unpaired) electrons. The van der Waals surface area contributed by atoms with Crippen molar-refractivity contribution in [2.75, 3.05) is 27.2 Å². The molecular formula is C15H20NO2+. The van der Waals surface area contributed by atoms with E-state index in [1.54, 1.807) is 0 Å². The van der Waals surface area contributed by atoms with Crippen molar-refractivity contribution in [3.05, 3.63) is 42.5 Å². The summed E-state index contributed by atoms with van der Waals surface area (Å²) in [6.07, 6.45) is -0.429. The van der Waals surface area contributed by atoms with Gasteiger partial charge in [0.1, 0.15) is 25.0 Å². The third-order valence-electron chi connectivity index (χ3n) is 2.81. The van der Waals surface area contributed by atoms with E-state index in [1.807, 2.05) is 44.4 Å². The van der Waals surface area contributed by atoms with Crippen LogP contribution in [0.3, 0.4) is 0 Å². The third kappa shape index (κ3) is 3.45. The zero-order valence-electron chi connectivity index (χ0n) is 10.9. The van der Waals surface area contributed by atoms with Gasteiger partial charge in [-0.3, -0.25) is 0 Å². The number of ether oxygens (including phenoxy) is 1. The van der Waals surface area contributed by atoms with E-state index in [2.05, 4.69) is 12.1 Å². The molecule has 0 heterocycles. The van der Waals surface area contributed by atoms with Crippen molar-refractivity contribution in [2.24, 2.45) is 0 Å². The molecule has 2 aromatic carbocycles. The highest BCUT2D eigenvalue weighted by molar-refractivity contribution is 5.83. The Morgan fingerprint density at radius 1 is 1.11 bits per heavy atom. The maximum absolute atomic E-state index is 9.75. The average molecular weight is 246 g/mol. The summed E-state index contributed by atoms with van der Waals surface area (Å²) in [4.78, 5) is 1.21. The molecule has 3 heteroatoms. The first-order valence-electron chi connectivity index (χ1n) is 6.24. The van der Waals surface area contributed by atoms with Crippen LogP contribution in [-0.4, -0.2) is 38.5 Å². The van der Waals surface area contributed by atoms with Crippen LogP contribution in [0.15, 0.2) is 42.5 Å². The van der Waals surface area contributed by atoms with Gasteiger partial charge in [-0.15, -0.1) is 0 Å². The van der Waals surface area contributed by atoms with Gasteiger partial charge >= 0.3 is 0 Å². The smallest absolute Gasteiger partial charge is 0.137 e. The number of likely N-dealkylation sites (N-methyl/N-ethyl adjacent to an activating group) is 1. The van der Waals surface area contributed by atoms with Crippen molar-refractivity contribution in [3.8, 4) is 5.75 Å². The molecule has 2 rings (SSSR count). The molecule has 2 N–H and O–H groups in total. The zero-order chi connectivity index (χ0) is 13.0. The van der Waals surface area contributed by atoms with Crippen molar-refractivity contribution in [3.63, 3.8) is 0 Å². The number of rotatable bonds is 5. The van der Waals surface area contributed by atoms with Crippen LogP contribution >= 0.6 is 0 Å². The molecule has 0 spiro atoms. The molecule has 2 aromatic rings. The molecule has 0 aliphatic carbocycles. The number of aliphatic hydroxyl groups is 1. The number of hydrogen-bond donors (Lipinski definition) is 2. The molecule has 0 saturated heterocycles. The molecule has 0 bridgehead atoms. The number of quaternary nitrogens is 1. The Balaban J connectivity index is 1.99. The topological polar surface area (TPSA) is 33.9 Å². The number of benzene rings is 2. The first-order valence-corrected chi connectivity index (χ1v) is 6.24. The normalized spacial score (nSPS) is 12.9. The Labute approximate surface area is 108 Å². The van der Waals surface area contributed by atoms with E-state index in [-0.39, 0.29) is 0 Å². The summed E-state index contributed by atoms with van der Waals surface area (Å²) in [6, 6.07) is 14.1. The molecule has 0 aliphatic rings. The lowest BCUT2D eigenvalue weighted by Crippen LogP contribution is -3.07. The standard InChI is InChI=1S/C15H19NO2/c1-16(2)10-14(17)11-18-15-8-7-12-5-3-4-6-13(12)9-15/h3-9,14,17H,10-11H2,1-2H3/p+1/t14-/m0/s1. The molecule has 96 valence electrons. The summed E-state index contributed by atoms with van der Waals surface area (Å²) in [5.74, 6) is 0.807. The summed E-state index contributed by atoms with van der Waals surface area (Å²) in [5.41, 5.74) is 0. The summed E-state index contributed by atoms with van der Waals surface area (Å²) in [7, 11) is 4.03. The second kappa shape index (κ2) is 5.85. The highest BCUT2D eigenvalue weighted by Gasteiger charge is 2.09. The summed E-state index contributed by atoms with van der Waals surface area (Å²) in [5, 5.41) is 12.1. The van der Waals surface area contributed by atoms with Crippen molar-refractivity contribution in [1.82, 2.24) is 0 Å². The van der Waals surface area contributed by atoms with Crippen LogP contribution in [0.1, 0.15) is 0 Å². The summed E-state index contributed by atoms with van der Waals surface area (Å²) >= 11 is 0. The van der Waals surface area contributed by atoms with Crippen LogP contribution in [0, 0.1) is 0 Å². The third-order valence-corrected chi connectivity index (χ3v) is 2.81. The van der Waals surface area contributed by atoms with Crippen LogP contribution in [0.25, 0.3) is 10.8 Å². The fourth-order valence-electron chi connectivity index (χ4n) is 1.98. The van der Waals surface area contributed by atoms with Crippen molar-refractivity contribution in [2.45, 2.75) is 6.10 Å².